The van der Waals surface area contributed by atoms with Gasteiger partial charge in [-0.25, -0.2) is 4.98 Å². The van der Waals surface area contributed by atoms with Gasteiger partial charge < -0.3 is 9.80 Å². The molecule has 0 aliphatic carbocycles. The van der Waals surface area contributed by atoms with E-state index in [1.54, 1.807) is 0 Å². The number of nitrogens with zero attached hydrogens (tertiary/aromatic N) is 3. The standard InChI is InChI=1S/C20H19N3/c1-15-12-19-20(21-13-15)22(17-9-4-3-5-10-17)14-23(19)18-11-7-6-8-16(18)2/h3-13H,14H2,1-2H3. The molecule has 0 radical (unpaired) electrons. The van der Waals surface area contributed by atoms with Crippen molar-refractivity contribution in [2.24, 2.45) is 0 Å². The molecule has 4 rings (SSSR count). The highest BCUT2D eigenvalue weighted by atomic mass is 15.4. The molecule has 1 aliphatic rings. The SMILES string of the molecule is Cc1cnc2c(c1)N(c1ccccc1C)CN2c1ccccc1. The summed E-state index contributed by atoms with van der Waals surface area (Å²) in [7, 11) is 0. The Labute approximate surface area is 136 Å². The number of fused-ring (bicyclic) bond motifs is 1. The van der Waals surface area contributed by atoms with Gasteiger partial charge in [0.15, 0.2) is 5.82 Å². The van der Waals surface area contributed by atoms with Gasteiger partial charge in [0.25, 0.3) is 0 Å². The molecule has 0 saturated heterocycles. The normalized spacial score (nSPS) is 13.3. The number of hydrogen-bond acceptors (Lipinski definition) is 3. The van der Waals surface area contributed by atoms with Crippen molar-refractivity contribution in [3.63, 3.8) is 0 Å². The Hall–Kier alpha value is -2.81. The van der Waals surface area contributed by atoms with Crippen LogP contribution >= 0.6 is 0 Å². The van der Waals surface area contributed by atoms with Crippen LogP contribution in [0.25, 0.3) is 0 Å². The molecule has 1 aliphatic heterocycles. The smallest absolute Gasteiger partial charge is 0.158 e. The largest absolute Gasteiger partial charge is 0.319 e. The highest BCUT2D eigenvalue weighted by Crippen LogP contribution is 2.43. The Morgan fingerprint density at radius 1 is 0.826 bits per heavy atom. The van der Waals surface area contributed by atoms with Gasteiger partial charge in [-0.15, -0.1) is 0 Å². The molecule has 0 fully saturated rings. The number of aryl methyl sites for hydroxylation is 2. The van der Waals surface area contributed by atoms with E-state index in [-0.39, 0.29) is 0 Å². The topological polar surface area (TPSA) is 19.4 Å². The van der Waals surface area contributed by atoms with Crippen LogP contribution in [-0.2, 0) is 0 Å². The summed E-state index contributed by atoms with van der Waals surface area (Å²) in [5, 5.41) is 0. The van der Waals surface area contributed by atoms with Crippen LogP contribution in [-0.4, -0.2) is 11.7 Å². The lowest BCUT2D eigenvalue weighted by molar-refractivity contribution is 0.977. The van der Waals surface area contributed by atoms with E-state index in [1.165, 1.54) is 28.2 Å². The Morgan fingerprint density at radius 3 is 2.35 bits per heavy atom. The molecule has 2 heterocycles. The summed E-state index contributed by atoms with van der Waals surface area (Å²) in [6.45, 7) is 5.03. The van der Waals surface area contributed by atoms with E-state index in [2.05, 4.69) is 78.2 Å². The molecule has 114 valence electrons. The molecule has 3 aromatic rings. The molecular formula is C20H19N3. The van der Waals surface area contributed by atoms with Crippen molar-refractivity contribution in [1.82, 2.24) is 4.98 Å². The summed E-state index contributed by atoms with van der Waals surface area (Å²) in [5.74, 6) is 1.02. The van der Waals surface area contributed by atoms with Crippen LogP contribution in [0.2, 0.25) is 0 Å². The van der Waals surface area contributed by atoms with Crippen molar-refractivity contribution in [3.05, 3.63) is 78.0 Å². The van der Waals surface area contributed by atoms with Crippen molar-refractivity contribution in [2.45, 2.75) is 13.8 Å². The Bertz CT molecular complexity index is 843. The lowest BCUT2D eigenvalue weighted by atomic mass is 10.1. The zero-order valence-electron chi connectivity index (χ0n) is 13.4. The van der Waals surface area contributed by atoms with Crippen molar-refractivity contribution < 1.29 is 0 Å². The quantitative estimate of drug-likeness (QED) is 0.668. The number of hydrogen-bond donors (Lipinski definition) is 0. The molecule has 0 saturated carbocycles. The van der Waals surface area contributed by atoms with Crippen LogP contribution in [0.3, 0.4) is 0 Å². The number of anilines is 4. The number of rotatable bonds is 2. The first-order valence-corrected chi connectivity index (χ1v) is 7.86. The van der Waals surface area contributed by atoms with Crippen molar-refractivity contribution in [1.29, 1.82) is 0 Å². The van der Waals surface area contributed by atoms with Crippen molar-refractivity contribution in [2.75, 3.05) is 16.5 Å². The number of para-hydroxylation sites is 2. The Kier molecular flexibility index (Phi) is 3.27. The van der Waals surface area contributed by atoms with Gasteiger partial charge in [0.2, 0.25) is 0 Å². The van der Waals surface area contributed by atoms with E-state index in [0.717, 1.165) is 12.5 Å². The average molecular weight is 301 g/mol. The second-order valence-corrected chi connectivity index (χ2v) is 5.97. The second-order valence-electron chi connectivity index (χ2n) is 5.97. The first-order valence-electron chi connectivity index (χ1n) is 7.86. The maximum absolute atomic E-state index is 4.71. The molecule has 1 aromatic heterocycles. The fourth-order valence-electron chi connectivity index (χ4n) is 3.12. The predicted octanol–water partition coefficient (Wildman–Crippen LogP) is 4.95. The lowest BCUT2D eigenvalue weighted by Crippen LogP contribution is -2.24. The summed E-state index contributed by atoms with van der Waals surface area (Å²) in [6.07, 6.45) is 1.94. The van der Waals surface area contributed by atoms with E-state index in [0.29, 0.717) is 0 Å². The molecule has 0 unspecified atom stereocenters. The Balaban J connectivity index is 1.85. The molecule has 0 N–H and O–H groups in total. The van der Waals surface area contributed by atoms with E-state index < -0.39 is 0 Å². The summed E-state index contributed by atoms with van der Waals surface area (Å²) in [6, 6.07) is 21.2. The first-order chi connectivity index (χ1) is 11.2. The molecule has 2 aromatic carbocycles. The molecule has 0 atom stereocenters. The van der Waals surface area contributed by atoms with E-state index in [4.69, 9.17) is 4.98 Å². The van der Waals surface area contributed by atoms with Crippen LogP contribution in [0.5, 0.6) is 0 Å². The minimum atomic E-state index is 0.778. The molecule has 0 amide bonds. The fraction of sp³-hybridized carbons (Fsp3) is 0.150. The van der Waals surface area contributed by atoms with Gasteiger partial charge in [-0.05, 0) is 49.2 Å². The van der Waals surface area contributed by atoms with Crippen LogP contribution in [0, 0.1) is 13.8 Å². The third-order valence-electron chi connectivity index (χ3n) is 4.29. The highest BCUT2D eigenvalue weighted by molar-refractivity contribution is 5.85. The van der Waals surface area contributed by atoms with Crippen LogP contribution in [0.4, 0.5) is 22.9 Å². The number of aromatic nitrogens is 1. The summed E-state index contributed by atoms with van der Waals surface area (Å²) >= 11 is 0. The fourth-order valence-corrected chi connectivity index (χ4v) is 3.12. The molecule has 3 nitrogen and oxygen atoms in total. The summed E-state index contributed by atoms with van der Waals surface area (Å²) in [5.41, 5.74) is 6.02. The van der Waals surface area contributed by atoms with Gasteiger partial charge in [0, 0.05) is 17.6 Å². The second kappa shape index (κ2) is 5.43. The predicted molar refractivity (Wildman–Crippen MR) is 95.7 cm³/mol. The van der Waals surface area contributed by atoms with E-state index >= 15 is 0 Å². The maximum Gasteiger partial charge on any atom is 0.158 e. The monoisotopic (exact) mass is 301 g/mol. The third-order valence-corrected chi connectivity index (χ3v) is 4.29. The molecule has 0 spiro atoms. The van der Waals surface area contributed by atoms with Gasteiger partial charge in [0.05, 0.1) is 5.69 Å². The van der Waals surface area contributed by atoms with Gasteiger partial charge in [-0.2, -0.15) is 0 Å². The van der Waals surface area contributed by atoms with Gasteiger partial charge >= 0.3 is 0 Å². The first kappa shape index (κ1) is 13.8. The van der Waals surface area contributed by atoms with E-state index in [1.807, 2.05) is 12.3 Å². The Morgan fingerprint density at radius 2 is 1.57 bits per heavy atom. The van der Waals surface area contributed by atoms with Gasteiger partial charge in [-0.1, -0.05) is 36.4 Å². The minimum absolute atomic E-state index is 0.778. The lowest BCUT2D eigenvalue weighted by Gasteiger charge is -2.23. The van der Waals surface area contributed by atoms with Crippen LogP contribution in [0.1, 0.15) is 11.1 Å². The highest BCUT2D eigenvalue weighted by Gasteiger charge is 2.29. The van der Waals surface area contributed by atoms with Crippen molar-refractivity contribution >= 4 is 22.9 Å². The van der Waals surface area contributed by atoms with Gasteiger partial charge in [-0.3, -0.25) is 0 Å². The third kappa shape index (κ3) is 2.34. The van der Waals surface area contributed by atoms with Crippen LogP contribution < -0.4 is 9.80 Å². The minimum Gasteiger partial charge on any atom is -0.319 e. The van der Waals surface area contributed by atoms with Gasteiger partial charge in [0.1, 0.15) is 6.67 Å². The molecule has 23 heavy (non-hydrogen) atoms. The molecule has 0 bridgehead atoms. The average Bonchev–Trinajstić information content (AvgIpc) is 2.94. The molecular weight excluding hydrogens is 282 g/mol. The zero-order chi connectivity index (χ0) is 15.8. The van der Waals surface area contributed by atoms with Crippen LogP contribution in [0.15, 0.2) is 66.9 Å². The number of pyridine rings is 1. The maximum atomic E-state index is 4.71. The number of benzene rings is 2. The molecule has 3 heteroatoms. The van der Waals surface area contributed by atoms with Crippen molar-refractivity contribution in [3.8, 4) is 0 Å². The van der Waals surface area contributed by atoms with E-state index in [9.17, 15) is 0 Å². The summed E-state index contributed by atoms with van der Waals surface area (Å²) in [4.78, 5) is 9.32. The zero-order valence-corrected chi connectivity index (χ0v) is 13.4. The summed E-state index contributed by atoms with van der Waals surface area (Å²) < 4.78 is 0.